The molecule has 0 saturated heterocycles. The minimum atomic E-state index is -4.98. The molecule has 14 heavy (non-hydrogen) atoms. The summed E-state index contributed by atoms with van der Waals surface area (Å²) in [6.45, 7) is 0. The Balaban J connectivity index is 2.49. The summed E-state index contributed by atoms with van der Waals surface area (Å²) >= 11 is 0. The van der Waals surface area contributed by atoms with Gasteiger partial charge < -0.3 is 4.74 Å². The molecule has 0 radical (unpaired) electrons. The van der Waals surface area contributed by atoms with E-state index in [1.165, 1.54) is 0 Å². The number of esters is 1. The highest BCUT2D eigenvalue weighted by atomic mass is 32.2. The van der Waals surface area contributed by atoms with Gasteiger partial charge in [0.15, 0.2) is 0 Å². The number of halogens is 1. The van der Waals surface area contributed by atoms with Crippen molar-refractivity contribution >= 4 is 16.1 Å². The molecule has 82 valence electrons. The zero-order chi connectivity index (χ0) is 10.8. The van der Waals surface area contributed by atoms with E-state index in [4.69, 9.17) is 4.55 Å². The van der Waals surface area contributed by atoms with Crippen molar-refractivity contribution in [1.82, 2.24) is 0 Å². The second-order valence-electron chi connectivity index (χ2n) is 3.17. The van der Waals surface area contributed by atoms with Crippen LogP contribution in [-0.2, 0) is 19.6 Å². The summed E-state index contributed by atoms with van der Waals surface area (Å²) in [7, 11) is -4.98. The first-order chi connectivity index (χ1) is 6.41. The molecule has 0 aromatic rings. The van der Waals surface area contributed by atoms with Crippen LogP contribution in [0.25, 0.3) is 0 Å². The van der Waals surface area contributed by atoms with E-state index in [9.17, 15) is 17.6 Å². The summed E-state index contributed by atoms with van der Waals surface area (Å²) in [6, 6.07) is 0. The molecule has 1 rings (SSSR count). The maximum Gasteiger partial charge on any atom is 0.359 e. The minimum Gasteiger partial charge on any atom is -0.459 e. The van der Waals surface area contributed by atoms with Crippen LogP contribution in [0.5, 0.6) is 0 Å². The average molecular weight is 226 g/mol. The lowest BCUT2D eigenvalue weighted by atomic mass is 10.3. The van der Waals surface area contributed by atoms with Crippen LogP contribution in [-0.4, -0.2) is 30.5 Å². The van der Waals surface area contributed by atoms with Crippen molar-refractivity contribution in [3.8, 4) is 0 Å². The number of carbonyl (C=O) groups excluding carboxylic acids is 1. The second kappa shape index (κ2) is 4.22. The smallest absolute Gasteiger partial charge is 0.359 e. The Morgan fingerprint density at radius 3 is 2.36 bits per heavy atom. The van der Waals surface area contributed by atoms with E-state index in [-0.39, 0.29) is 0 Å². The van der Waals surface area contributed by atoms with Crippen molar-refractivity contribution in [1.29, 1.82) is 0 Å². The summed E-state index contributed by atoms with van der Waals surface area (Å²) in [6.07, 6.45) is 2.57. The standard InChI is InChI=1S/C7H11FO5S/c8-6(14(10,11)12)7(9)13-5-3-1-2-4-5/h5-6H,1-4H2,(H,10,11,12). The Bertz CT molecular complexity index is 306. The molecule has 7 heteroatoms. The summed E-state index contributed by atoms with van der Waals surface area (Å²) < 4.78 is 45.9. The molecule has 1 aliphatic rings. The Hall–Kier alpha value is -0.690. The third-order valence-corrected chi connectivity index (χ3v) is 2.75. The van der Waals surface area contributed by atoms with Gasteiger partial charge in [-0.05, 0) is 25.7 Å². The van der Waals surface area contributed by atoms with Gasteiger partial charge in [-0.2, -0.15) is 8.42 Å². The lowest BCUT2D eigenvalue weighted by Crippen LogP contribution is -2.30. The molecule has 0 spiro atoms. The zero-order valence-corrected chi connectivity index (χ0v) is 8.17. The van der Waals surface area contributed by atoms with E-state index in [1.807, 2.05) is 0 Å². The largest absolute Gasteiger partial charge is 0.459 e. The fraction of sp³-hybridized carbons (Fsp3) is 0.857. The molecular weight excluding hydrogens is 215 g/mol. The van der Waals surface area contributed by atoms with Crippen LogP contribution in [0.15, 0.2) is 0 Å². The maximum atomic E-state index is 12.6. The third kappa shape index (κ3) is 2.91. The lowest BCUT2D eigenvalue weighted by molar-refractivity contribution is -0.151. The van der Waals surface area contributed by atoms with E-state index in [0.29, 0.717) is 12.8 Å². The van der Waals surface area contributed by atoms with Crippen LogP contribution in [0.1, 0.15) is 25.7 Å². The first kappa shape index (κ1) is 11.4. The van der Waals surface area contributed by atoms with E-state index in [2.05, 4.69) is 4.74 Å². The molecule has 1 aliphatic carbocycles. The molecule has 0 aliphatic heterocycles. The van der Waals surface area contributed by atoms with E-state index in [1.54, 1.807) is 0 Å². The van der Waals surface area contributed by atoms with Crippen LogP contribution in [0.4, 0.5) is 4.39 Å². The van der Waals surface area contributed by atoms with Crippen molar-refractivity contribution in [2.75, 3.05) is 0 Å². The molecule has 1 fully saturated rings. The number of alkyl halides is 1. The highest BCUT2D eigenvalue weighted by Gasteiger charge is 2.34. The van der Waals surface area contributed by atoms with Gasteiger partial charge in [-0.1, -0.05) is 0 Å². The molecule has 1 saturated carbocycles. The van der Waals surface area contributed by atoms with Crippen LogP contribution in [0, 0.1) is 0 Å². The molecule has 0 heterocycles. The molecule has 1 unspecified atom stereocenters. The fourth-order valence-corrected chi connectivity index (χ4v) is 1.64. The van der Waals surface area contributed by atoms with Gasteiger partial charge in [0.1, 0.15) is 6.10 Å². The third-order valence-electron chi connectivity index (χ3n) is 2.03. The van der Waals surface area contributed by atoms with Crippen molar-refractivity contribution in [2.24, 2.45) is 0 Å². The topological polar surface area (TPSA) is 80.7 Å². The number of hydrogen-bond donors (Lipinski definition) is 1. The highest BCUT2D eigenvalue weighted by molar-refractivity contribution is 7.87. The average Bonchev–Trinajstić information content (AvgIpc) is 2.53. The second-order valence-corrected chi connectivity index (χ2v) is 4.62. The molecule has 0 aromatic heterocycles. The summed E-state index contributed by atoms with van der Waals surface area (Å²) in [4.78, 5) is 10.8. The fourth-order valence-electron chi connectivity index (χ4n) is 1.35. The van der Waals surface area contributed by atoms with Crippen molar-refractivity contribution < 1.29 is 26.9 Å². The molecule has 0 amide bonds. The Labute approximate surface area is 81.0 Å². The van der Waals surface area contributed by atoms with Gasteiger partial charge in [0.05, 0.1) is 0 Å². The summed E-state index contributed by atoms with van der Waals surface area (Å²) in [5.41, 5.74) is -2.98. The Morgan fingerprint density at radius 2 is 1.93 bits per heavy atom. The molecule has 0 bridgehead atoms. The first-order valence-electron chi connectivity index (χ1n) is 4.22. The van der Waals surface area contributed by atoms with Crippen molar-refractivity contribution in [2.45, 2.75) is 37.3 Å². The Morgan fingerprint density at radius 1 is 1.43 bits per heavy atom. The zero-order valence-electron chi connectivity index (χ0n) is 7.35. The predicted octanol–water partition coefficient (Wildman–Crippen LogP) is 0.656. The van der Waals surface area contributed by atoms with Crippen LogP contribution >= 0.6 is 0 Å². The van der Waals surface area contributed by atoms with E-state index < -0.39 is 27.7 Å². The van der Waals surface area contributed by atoms with Crippen LogP contribution < -0.4 is 0 Å². The van der Waals surface area contributed by atoms with Gasteiger partial charge in [-0.25, -0.2) is 9.18 Å². The van der Waals surface area contributed by atoms with Gasteiger partial charge in [-0.3, -0.25) is 4.55 Å². The van der Waals surface area contributed by atoms with Crippen LogP contribution in [0.2, 0.25) is 0 Å². The number of carbonyl (C=O) groups is 1. The molecule has 0 aromatic carbocycles. The molecular formula is C7H11FO5S. The maximum absolute atomic E-state index is 12.6. The molecule has 1 atom stereocenters. The molecule has 1 N–H and O–H groups in total. The minimum absolute atomic E-state index is 0.414. The van der Waals surface area contributed by atoms with E-state index in [0.717, 1.165) is 12.8 Å². The van der Waals surface area contributed by atoms with Crippen molar-refractivity contribution in [3.05, 3.63) is 0 Å². The van der Waals surface area contributed by atoms with E-state index >= 15 is 0 Å². The normalized spacial score (nSPS) is 20.7. The SMILES string of the molecule is O=C(OC1CCCC1)C(F)S(=O)(=O)O. The predicted molar refractivity (Wildman–Crippen MR) is 44.8 cm³/mol. The molecule has 5 nitrogen and oxygen atoms in total. The van der Waals surface area contributed by atoms with Gasteiger partial charge in [-0.15, -0.1) is 0 Å². The number of rotatable bonds is 3. The number of ether oxygens (including phenoxy) is 1. The summed E-state index contributed by atoms with van der Waals surface area (Å²) in [5, 5.41) is 0. The monoisotopic (exact) mass is 226 g/mol. The Kier molecular flexibility index (Phi) is 3.43. The van der Waals surface area contributed by atoms with Gasteiger partial charge >= 0.3 is 21.6 Å². The first-order valence-corrected chi connectivity index (χ1v) is 5.72. The quantitative estimate of drug-likeness (QED) is 0.564. The highest BCUT2D eigenvalue weighted by Crippen LogP contribution is 2.22. The van der Waals surface area contributed by atoms with Gasteiger partial charge in [0.25, 0.3) is 0 Å². The lowest BCUT2D eigenvalue weighted by Gasteiger charge is -2.11. The van der Waals surface area contributed by atoms with Gasteiger partial charge in [0.2, 0.25) is 0 Å². The van der Waals surface area contributed by atoms with Crippen LogP contribution in [0.3, 0.4) is 0 Å². The summed E-state index contributed by atoms with van der Waals surface area (Å²) in [5.74, 6) is -1.53. The van der Waals surface area contributed by atoms with Crippen molar-refractivity contribution in [3.63, 3.8) is 0 Å². The van der Waals surface area contributed by atoms with Gasteiger partial charge in [0, 0.05) is 0 Å². The number of hydrogen-bond acceptors (Lipinski definition) is 4.